The lowest BCUT2D eigenvalue weighted by Gasteiger charge is -2.10. The smallest absolute Gasteiger partial charge is 0.406 e. The summed E-state index contributed by atoms with van der Waals surface area (Å²) >= 11 is 5.87. The summed E-state index contributed by atoms with van der Waals surface area (Å²) in [4.78, 5) is 3.90. The molecule has 0 radical (unpaired) electrons. The molecule has 0 atom stereocenters. The molecular weight excluding hydrogens is 293 g/mol. The maximum Gasteiger partial charge on any atom is 0.573 e. The summed E-state index contributed by atoms with van der Waals surface area (Å²) in [5.74, 6) is -0.249. The number of halogens is 4. The van der Waals surface area contributed by atoms with E-state index in [1.807, 2.05) is 0 Å². The number of alkyl halides is 3. The Labute approximate surface area is 118 Å². The number of hydrogen-bond donors (Lipinski definition) is 1. The van der Waals surface area contributed by atoms with Crippen LogP contribution in [0.2, 0.25) is 5.15 Å². The van der Waals surface area contributed by atoms with Crippen LogP contribution in [-0.4, -0.2) is 11.3 Å². The van der Waals surface area contributed by atoms with Crippen LogP contribution in [0.5, 0.6) is 5.75 Å². The first kappa shape index (κ1) is 14.5. The Morgan fingerprint density at radius 2 is 1.85 bits per heavy atom. The standard InChI is InChI=1S/C13H10ClF3N2O/c14-12-11(2-1-7-18-12)19-8-9-3-5-10(6-4-9)20-13(15,16)17/h1-7,19H,8H2. The van der Waals surface area contributed by atoms with Crippen LogP contribution in [0, 0.1) is 0 Å². The van der Waals surface area contributed by atoms with Gasteiger partial charge in [-0.1, -0.05) is 23.7 Å². The van der Waals surface area contributed by atoms with Crippen molar-refractivity contribution in [1.82, 2.24) is 4.98 Å². The van der Waals surface area contributed by atoms with Crippen molar-refractivity contribution in [1.29, 1.82) is 0 Å². The summed E-state index contributed by atoms with van der Waals surface area (Å²) in [5.41, 5.74) is 1.45. The first-order valence-electron chi connectivity index (χ1n) is 5.63. The van der Waals surface area contributed by atoms with Crippen LogP contribution >= 0.6 is 11.6 Å². The molecule has 0 saturated carbocycles. The Morgan fingerprint density at radius 3 is 2.45 bits per heavy atom. The average Bonchev–Trinajstić information content (AvgIpc) is 2.38. The van der Waals surface area contributed by atoms with Crippen molar-refractivity contribution < 1.29 is 17.9 Å². The third-order valence-electron chi connectivity index (χ3n) is 2.40. The maximum atomic E-state index is 12.0. The Kier molecular flexibility index (Phi) is 4.34. The largest absolute Gasteiger partial charge is 0.573 e. The Balaban J connectivity index is 1.96. The number of rotatable bonds is 4. The van der Waals surface area contributed by atoms with Gasteiger partial charge in [-0.25, -0.2) is 4.98 Å². The highest BCUT2D eigenvalue weighted by Crippen LogP contribution is 2.23. The maximum absolute atomic E-state index is 12.0. The van der Waals surface area contributed by atoms with Crippen molar-refractivity contribution >= 4 is 17.3 Å². The lowest BCUT2D eigenvalue weighted by molar-refractivity contribution is -0.274. The fourth-order valence-corrected chi connectivity index (χ4v) is 1.71. The van der Waals surface area contributed by atoms with Gasteiger partial charge >= 0.3 is 6.36 Å². The molecule has 0 spiro atoms. The van der Waals surface area contributed by atoms with Crippen molar-refractivity contribution in [3.63, 3.8) is 0 Å². The van der Waals surface area contributed by atoms with E-state index in [1.165, 1.54) is 12.1 Å². The van der Waals surface area contributed by atoms with Gasteiger partial charge in [-0.15, -0.1) is 13.2 Å². The minimum atomic E-state index is -4.68. The van der Waals surface area contributed by atoms with E-state index >= 15 is 0 Å². The summed E-state index contributed by atoms with van der Waals surface area (Å²) in [6.07, 6.45) is -3.11. The van der Waals surface area contributed by atoms with Gasteiger partial charge in [0.2, 0.25) is 0 Å². The third kappa shape index (κ3) is 4.31. The van der Waals surface area contributed by atoms with Crippen molar-refractivity contribution in [2.75, 3.05) is 5.32 Å². The molecule has 106 valence electrons. The number of ether oxygens (including phenoxy) is 1. The van der Waals surface area contributed by atoms with Crippen LogP contribution in [0.4, 0.5) is 18.9 Å². The monoisotopic (exact) mass is 302 g/mol. The molecule has 2 rings (SSSR count). The van der Waals surface area contributed by atoms with Crippen LogP contribution in [0.1, 0.15) is 5.56 Å². The van der Waals surface area contributed by atoms with Crippen LogP contribution in [-0.2, 0) is 6.54 Å². The molecule has 1 aromatic carbocycles. The van der Waals surface area contributed by atoms with Crippen molar-refractivity contribution in [3.8, 4) is 5.75 Å². The van der Waals surface area contributed by atoms with E-state index in [0.717, 1.165) is 5.56 Å². The second-order valence-corrected chi connectivity index (χ2v) is 4.25. The van der Waals surface area contributed by atoms with Gasteiger partial charge in [-0.3, -0.25) is 0 Å². The molecule has 1 heterocycles. The molecule has 3 nitrogen and oxygen atoms in total. The molecule has 0 aliphatic carbocycles. The van der Waals surface area contributed by atoms with Crippen LogP contribution in [0.3, 0.4) is 0 Å². The quantitative estimate of drug-likeness (QED) is 0.858. The van der Waals surface area contributed by atoms with Crippen molar-refractivity contribution in [2.24, 2.45) is 0 Å². The van der Waals surface area contributed by atoms with Gasteiger partial charge in [0.15, 0.2) is 5.15 Å². The van der Waals surface area contributed by atoms with Gasteiger partial charge in [0.05, 0.1) is 5.69 Å². The number of pyridine rings is 1. The average molecular weight is 303 g/mol. The van der Waals surface area contributed by atoms with E-state index in [1.54, 1.807) is 30.5 Å². The summed E-state index contributed by atoms with van der Waals surface area (Å²) < 4.78 is 39.8. The Hall–Kier alpha value is -1.95. The van der Waals surface area contributed by atoms with Gasteiger partial charge in [0.25, 0.3) is 0 Å². The molecule has 1 aromatic heterocycles. The number of nitrogens with one attached hydrogen (secondary N) is 1. The normalized spacial score (nSPS) is 11.2. The Bertz CT molecular complexity index is 573. The number of hydrogen-bond acceptors (Lipinski definition) is 3. The second-order valence-electron chi connectivity index (χ2n) is 3.89. The highest BCUT2D eigenvalue weighted by atomic mass is 35.5. The molecule has 0 amide bonds. The van der Waals surface area contributed by atoms with E-state index in [2.05, 4.69) is 15.0 Å². The molecule has 2 aromatic rings. The molecule has 0 aliphatic rings. The predicted octanol–water partition coefficient (Wildman–Crippen LogP) is 4.25. The molecule has 0 saturated heterocycles. The first-order chi connectivity index (χ1) is 9.44. The van der Waals surface area contributed by atoms with Gasteiger partial charge in [-0.2, -0.15) is 0 Å². The molecular formula is C13H10ClF3N2O. The summed E-state index contributed by atoms with van der Waals surface area (Å²) in [5, 5.41) is 3.38. The highest BCUT2D eigenvalue weighted by Gasteiger charge is 2.30. The summed E-state index contributed by atoms with van der Waals surface area (Å²) in [6.45, 7) is 0.414. The van der Waals surface area contributed by atoms with E-state index in [-0.39, 0.29) is 5.75 Å². The SMILES string of the molecule is FC(F)(F)Oc1ccc(CNc2cccnc2Cl)cc1. The topological polar surface area (TPSA) is 34.1 Å². The Morgan fingerprint density at radius 1 is 1.15 bits per heavy atom. The van der Waals surface area contributed by atoms with Crippen LogP contribution in [0.15, 0.2) is 42.6 Å². The molecule has 20 heavy (non-hydrogen) atoms. The zero-order chi connectivity index (χ0) is 14.6. The summed E-state index contributed by atoms with van der Waals surface area (Å²) in [7, 11) is 0. The first-order valence-corrected chi connectivity index (χ1v) is 6.01. The highest BCUT2D eigenvalue weighted by molar-refractivity contribution is 6.31. The van der Waals surface area contributed by atoms with Crippen molar-refractivity contribution in [3.05, 3.63) is 53.3 Å². The van der Waals surface area contributed by atoms with E-state index in [0.29, 0.717) is 17.4 Å². The molecule has 0 aliphatic heterocycles. The zero-order valence-corrected chi connectivity index (χ0v) is 10.9. The van der Waals surface area contributed by atoms with Gasteiger partial charge in [0, 0.05) is 12.7 Å². The molecule has 0 bridgehead atoms. The number of aromatic nitrogens is 1. The van der Waals surface area contributed by atoms with E-state index in [9.17, 15) is 13.2 Å². The van der Waals surface area contributed by atoms with E-state index in [4.69, 9.17) is 11.6 Å². The third-order valence-corrected chi connectivity index (χ3v) is 2.70. The van der Waals surface area contributed by atoms with Crippen LogP contribution < -0.4 is 10.1 Å². The summed E-state index contributed by atoms with van der Waals surface area (Å²) in [6, 6.07) is 9.09. The molecule has 0 unspecified atom stereocenters. The number of anilines is 1. The minimum Gasteiger partial charge on any atom is -0.406 e. The lowest BCUT2D eigenvalue weighted by atomic mass is 10.2. The van der Waals surface area contributed by atoms with Gasteiger partial charge in [-0.05, 0) is 29.8 Å². The van der Waals surface area contributed by atoms with Crippen molar-refractivity contribution in [2.45, 2.75) is 12.9 Å². The predicted molar refractivity (Wildman–Crippen MR) is 69.7 cm³/mol. The lowest BCUT2D eigenvalue weighted by Crippen LogP contribution is -2.17. The van der Waals surface area contributed by atoms with Gasteiger partial charge in [0.1, 0.15) is 5.75 Å². The minimum absolute atomic E-state index is 0.249. The fourth-order valence-electron chi connectivity index (χ4n) is 1.52. The fraction of sp³-hybridized carbons (Fsp3) is 0.154. The van der Waals surface area contributed by atoms with Gasteiger partial charge < -0.3 is 10.1 Å². The molecule has 7 heteroatoms. The second kappa shape index (κ2) is 6.00. The van der Waals surface area contributed by atoms with Crippen LogP contribution in [0.25, 0.3) is 0 Å². The molecule has 0 fully saturated rings. The van der Waals surface area contributed by atoms with E-state index < -0.39 is 6.36 Å². The number of nitrogens with zero attached hydrogens (tertiary/aromatic N) is 1. The zero-order valence-electron chi connectivity index (χ0n) is 10.1. The number of benzene rings is 1. The molecule has 1 N–H and O–H groups in total.